The molecule has 0 radical (unpaired) electrons. The van der Waals surface area contributed by atoms with Crippen LogP contribution in [0.15, 0.2) is 40.9 Å². The van der Waals surface area contributed by atoms with Crippen LogP contribution in [0.3, 0.4) is 0 Å². The Balaban J connectivity index is 2.34. The largest absolute Gasteiger partial charge is 0.397 e. The first kappa shape index (κ1) is 13.7. The summed E-state index contributed by atoms with van der Waals surface area (Å²) in [5.74, 6) is -0.512. The van der Waals surface area contributed by atoms with Gasteiger partial charge < -0.3 is 16.8 Å². The molecule has 0 spiro atoms. The Morgan fingerprint density at radius 1 is 1.21 bits per heavy atom. The molecule has 6 heteroatoms. The van der Waals surface area contributed by atoms with E-state index >= 15 is 0 Å². The summed E-state index contributed by atoms with van der Waals surface area (Å²) in [7, 11) is 0. The third kappa shape index (κ3) is 3.00. The number of carbonyl (C=O) groups is 1. The number of amides is 1. The maximum Gasteiger partial charge on any atom is 0.248 e. The van der Waals surface area contributed by atoms with E-state index in [1.807, 2.05) is 12.1 Å². The van der Waals surface area contributed by atoms with Crippen LogP contribution in [0.5, 0.6) is 0 Å². The topological polar surface area (TPSA) is 81.1 Å². The van der Waals surface area contributed by atoms with Crippen LogP contribution in [0.2, 0.25) is 5.02 Å². The highest BCUT2D eigenvalue weighted by atomic mass is 79.9. The Hall–Kier alpha value is -1.72. The predicted molar refractivity (Wildman–Crippen MR) is 81.8 cm³/mol. The molecule has 5 N–H and O–H groups in total. The van der Waals surface area contributed by atoms with Gasteiger partial charge in [-0.25, -0.2) is 0 Å². The molecule has 2 aromatic carbocycles. The Kier molecular flexibility index (Phi) is 3.97. The van der Waals surface area contributed by atoms with Crippen molar-refractivity contribution in [2.24, 2.45) is 5.73 Å². The van der Waals surface area contributed by atoms with Crippen LogP contribution < -0.4 is 16.8 Å². The lowest BCUT2D eigenvalue weighted by Crippen LogP contribution is -2.11. The van der Waals surface area contributed by atoms with Gasteiger partial charge >= 0.3 is 0 Å². The van der Waals surface area contributed by atoms with Gasteiger partial charge in [-0.2, -0.15) is 0 Å². The SMILES string of the molecule is NC(=O)c1ccc(Nc2cccc(Cl)c2Br)c(N)c1. The summed E-state index contributed by atoms with van der Waals surface area (Å²) in [5, 5.41) is 3.73. The van der Waals surface area contributed by atoms with E-state index in [9.17, 15) is 4.79 Å². The second kappa shape index (κ2) is 5.50. The monoisotopic (exact) mass is 339 g/mol. The van der Waals surface area contributed by atoms with E-state index in [1.165, 1.54) is 6.07 Å². The number of anilines is 3. The molecule has 0 aliphatic heterocycles. The van der Waals surface area contributed by atoms with Gasteiger partial charge in [0.05, 0.1) is 26.6 Å². The van der Waals surface area contributed by atoms with Crippen LogP contribution in [0.4, 0.5) is 17.1 Å². The quantitative estimate of drug-likeness (QED) is 0.748. The highest BCUT2D eigenvalue weighted by molar-refractivity contribution is 9.10. The summed E-state index contributed by atoms with van der Waals surface area (Å²) < 4.78 is 0.745. The van der Waals surface area contributed by atoms with Gasteiger partial charge in [-0.05, 0) is 46.3 Å². The fourth-order valence-corrected chi connectivity index (χ4v) is 2.11. The third-order valence-electron chi connectivity index (χ3n) is 2.56. The smallest absolute Gasteiger partial charge is 0.248 e. The van der Waals surface area contributed by atoms with Gasteiger partial charge in [0.25, 0.3) is 0 Å². The fourth-order valence-electron chi connectivity index (χ4n) is 1.58. The zero-order chi connectivity index (χ0) is 14.0. The number of primary amides is 1. The van der Waals surface area contributed by atoms with E-state index in [0.717, 1.165) is 10.2 Å². The van der Waals surface area contributed by atoms with Gasteiger partial charge in [-0.15, -0.1) is 0 Å². The van der Waals surface area contributed by atoms with E-state index in [1.54, 1.807) is 18.2 Å². The van der Waals surface area contributed by atoms with Crippen molar-refractivity contribution in [3.63, 3.8) is 0 Å². The number of hydrogen-bond donors (Lipinski definition) is 3. The maximum atomic E-state index is 11.0. The lowest BCUT2D eigenvalue weighted by Gasteiger charge is -2.12. The Labute approximate surface area is 123 Å². The minimum absolute atomic E-state index is 0.369. The molecule has 0 aromatic heterocycles. The normalized spacial score (nSPS) is 10.2. The van der Waals surface area contributed by atoms with Crippen LogP contribution in [0.1, 0.15) is 10.4 Å². The van der Waals surface area contributed by atoms with Crippen molar-refractivity contribution >= 4 is 50.5 Å². The molecule has 0 aliphatic rings. The molecule has 0 atom stereocenters. The molecule has 2 aromatic rings. The molecule has 0 bridgehead atoms. The number of hydrogen-bond acceptors (Lipinski definition) is 3. The number of benzene rings is 2. The molecule has 0 unspecified atom stereocenters. The Bertz CT molecular complexity index is 646. The molecule has 0 heterocycles. The van der Waals surface area contributed by atoms with Crippen LogP contribution in [-0.4, -0.2) is 5.91 Å². The van der Waals surface area contributed by atoms with Gasteiger partial charge in [0.15, 0.2) is 0 Å². The first-order chi connectivity index (χ1) is 8.99. The van der Waals surface area contributed by atoms with Gasteiger partial charge in [0.1, 0.15) is 0 Å². The molecule has 98 valence electrons. The predicted octanol–water partition coefficient (Wildman–Crippen LogP) is 3.53. The Morgan fingerprint density at radius 3 is 2.58 bits per heavy atom. The summed E-state index contributed by atoms with van der Waals surface area (Å²) in [5.41, 5.74) is 13.3. The van der Waals surface area contributed by atoms with Crippen molar-refractivity contribution in [2.45, 2.75) is 0 Å². The van der Waals surface area contributed by atoms with E-state index < -0.39 is 5.91 Å². The molecule has 1 amide bonds. The second-order valence-corrected chi connectivity index (χ2v) is 5.09. The van der Waals surface area contributed by atoms with Gasteiger partial charge in [-0.3, -0.25) is 4.79 Å². The van der Waals surface area contributed by atoms with Crippen molar-refractivity contribution in [1.82, 2.24) is 0 Å². The molecule has 0 saturated carbocycles. The van der Waals surface area contributed by atoms with Crippen LogP contribution in [0, 0.1) is 0 Å². The Morgan fingerprint density at radius 2 is 1.95 bits per heavy atom. The van der Waals surface area contributed by atoms with Crippen molar-refractivity contribution < 1.29 is 4.79 Å². The summed E-state index contributed by atoms with van der Waals surface area (Å²) in [6.45, 7) is 0. The van der Waals surface area contributed by atoms with Crippen molar-refractivity contribution in [2.75, 3.05) is 11.1 Å². The maximum absolute atomic E-state index is 11.0. The first-order valence-corrected chi connectivity index (χ1v) is 6.56. The summed E-state index contributed by atoms with van der Waals surface area (Å²) >= 11 is 9.40. The molecule has 19 heavy (non-hydrogen) atoms. The second-order valence-electron chi connectivity index (χ2n) is 3.89. The summed E-state index contributed by atoms with van der Waals surface area (Å²) in [6.07, 6.45) is 0. The number of nitrogen functional groups attached to an aromatic ring is 1. The number of nitrogens with two attached hydrogens (primary N) is 2. The van der Waals surface area contributed by atoms with Gasteiger partial charge in [0.2, 0.25) is 5.91 Å². The fraction of sp³-hybridized carbons (Fsp3) is 0. The molecule has 0 saturated heterocycles. The highest BCUT2D eigenvalue weighted by Crippen LogP contribution is 2.33. The van der Waals surface area contributed by atoms with Crippen LogP contribution >= 0.6 is 27.5 Å². The van der Waals surface area contributed by atoms with E-state index in [2.05, 4.69) is 21.2 Å². The van der Waals surface area contributed by atoms with Crippen LogP contribution in [0.25, 0.3) is 0 Å². The van der Waals surface area contributed by atoms with Crippen LogP contribution in [-0.2, 0) is 0 Å². The molecular weight excluding hydrogens is 330 g/mol. The minimum atomic E-state index is -0.512. The minimum Gasteiger partial charge on any atom is -0.397 e. The van der Waals surface area contributed by atoms with Gasteiger partial charge in [0, 0.05) is 5.56 Å². The zero-order valence-corrected chi connectivity index (χ0v) is 12.1. The zero-order valence-electron chi connectivity index (χ0n) is 9.78. The standard InChI is InChI=1S/C13H11BrClN3O/c14-12-8(15)2-1-3-11(12)18-10-5-4-7(13(17)19)6-9(10)16/h1-6,18H,16H2,(H2,17,19). The molecule has 0 fully saturated rings. The summed E-state index contributed by atoms with van der Waals surface area (Å²) in [4.78, 5) is 11.0. The van der Waals surface area contributed by atoms with Gasteiger partial charge in [-0.1, -0.05) is 17.7 Å². The van der Waals surface area contributed by atoms with E-state index in [-0.39, 0.29) is 0 Å². The number of rotatable bonds is 3. The summed E-state index contributed by atoms with van der Waals surface area (Å²) in [6, 6.07) is 10.3. The van der Waals surface area contributed by atoms with Crippen molar-refractivity contribution in [3.05, 3.63) is 51.5 Å². The first-order valence-electron chi connectivity index (χ1n) is 5.39. The number of nitrogens with one attached hydrogen (secondary N) is 1. The van der Waals surface area contributed by atoms with Crippen molar-refractivity contribution in [3.8, 4) is 0 Å². The molecular formula is C13H11BrClN3O. The average molecular weight is 341 g/mol. The van der Waals surface area contributed by atoms with E-state index in [4.69, 9.17) is 23.1 Å². The lowest BCUT2D eigenvalue weighted by atomic mass is 10.1. The number of carbonyl (C=O) groups excluding carboxylic acids is 1. The third-order valence-corrected chi connectivity index (χ3v) is 3.95. The average Bonchev–Trinajstić information content (AvgIpc) is 2.37. The van der Waals surface area contributed by atoms with Crippen molar-refractivity contribution in [1.29, 1.82) is 0 Å². The lowest BCUT2D eigenvalue weighted by molar-refractivity contribution is 0.100. The molecule has 0 aliphatic carbocycles. The van der Waals surface area contributed by atoms with E-state index in [0.29, 0.717) is 22.0 Å². The number of halogens is 2. The molecule has 4 nitrogen and oxygen atoms in total. The molecule has 2 rings (SSSR count). The highest BCUT2D eigenvalue weighted by Gasteiger charge is 2.08.